The highest BCUT2D eigenvalue weighted by Crippen LogP contribution is 2.19. The molecule has 21 heavy (non-hydrogen) atoms. The molecule has 0 fully saturated rings. The van der Waals surface area contributed by atoms with Crippen LogP contribution in [0.4, 0.5) is 5.69 Å². The van der Waals surface area contributed by atoms with Crippen LogP contribution in [0.25, 0.3) is 0 Å². The smallest absolute Gasteiger partial charge is 0.234 e. The lowest BCUT2D eigenvalue weighted by Gasteiger charge is -2.18. The maximum Gasteiger partial charge on any atom is 0.234 e. The van der Waals surface area contributed by atoms with Gasteiger partial charge in [-0.2, -0.15) is 5.10 Å². The SMILES string of the molecule is Cc1ccc(SCC(=O)Nc2cnn(C(C)(C)C)c2)cc1. The zero-order valence-electron chi connectivity index (χ0n) is 12.9. The van der Waals surface area contributed by atoms with E-state index in [0.29, 0.717) is 5.75 Å². The molecule has 0 radical (unpaired) electrons. The number of carbonyl (C=O) groups excluding carboxylic acids is 1. The fourth-order valence-electron chi connectivity index (χ4n) is 1.73. The van der Waals surface area contributed by atoms with Gasteiger partial charge < -0.3 is 5.32 Å². The fraction of sp³-hybridized carbons (Fsp3) is 0.375. The average Bonchev–Trinajstić information content (AvgIpc) is 2.86. The number of hydrogen-bond donors (Lipinski definition) is 1. The van der Waals surface area contributed by atoms with Crippen molar-refractivity contribution in [1.82, 2.24) is 9.78 Å². The normalized spacial score (nSPS) is 11.4. The van der Waals surface area contributed by atoms with Gasteiger partial charge in [0.25, 0.3) is 0 Å². The molecule has 0 spiro atoms. The Morgan fingerprint density at radius 2 is 1.95 bits per heavy atom. The zero-order valence-corrected chi connectivity index (χ0v) is 13.7. The van der Waals surface area contributed by atoms with Crippen molar-refractivity contribution < 1.29 is 4.79 Å². The van der Waals surface area contributed by atoms with E-state index in [1.54, 1.807) is 6.20 Å². The number of hydrogen-bond acceptors (Lipinski definition) is 3. The van der Waals surface area contributed by atoms with Gasteiger partial charge in [-0.25, -0.2) is 0 Å². The van der Waals surface area contributed by atoms with E-state index >= 15 is 0 Å². The number of benzene rings is 1. The van der Waals surface area contributed by atoms with Gasteiger partial charge in [0.05, 0.1) is 23.2 Å². The first kappa shape index (κ1) is 15.6. The first-order valence-electron chi connectivity index (χ1n) is 6.89. The molecule has 0 saturated carbocycles. The van der Waals surface area contributed by atoms with E-state index < -0.39 is 0 Å². The van der Waals surface area contributed by atoms with Gasteiger partial charge in [-0.15, -0.1) is 11.8 Å². The Bertz CT molecular complexity index is 611. The van der Waals surface area contributed by atoms with Crippen LogP contribution in [-0.2, 0) is 10.3 Å². The third kappa shape index (κ3) is 4.63. The molecule has 4 nitrogen and oxygen atoms in total. The van der Waals surface area contributed by atoms with Crippen LogP contribution in [0.3, 0.4) is 0 Å². The van der Waals surface area contributed by atoms with E-state index in [4.69, 9.17) is 0 Å². The zero-order chi connectivity index (χ0) is 15.5. The predicted molar refractivity (Wildman–Crippen MR) is 87.8 cm³/mol. The molecule has 1 N–H and O–H groups in total. The Labute approximate surface area is 129 Å². The molecule has 1 amide bonds. The van der Waals surface area contributed by atoms with Crippen LogP contribution in [0.15, 0.2) is 41.6 Å². The molecule has 0 saturated heterocycles. The monoisotopic (exact) mass is 303 g/mol. The summed E-state index contributed by atoms with van der Waals surface area (Å²) in [5.41, 5.74) is 1.87. The molecule has 2 aromatic rings. The Morgan fingerprint density at radius 3 is 2.52 bits per heavy atom. The largest absolute Gasteiger partial charge is 0.323 e. The molecule has 1 aromatic heterocycles. The molecule has 0 unspecified atom stereocenters. The summed E-state index contributed by atoms with van der Waals surface area (Å²) in [6.45, 7) is 8.25. The minimum atomic E-state index is -0.0837. The molecule has 1 aromatic carbocycles. The Morgan fingerprint density at radius 1 is 1.29 bits per heavy atom. The Balaban J connectivity index is 1.87. The lowest BCUT2D eigenvalue weighted by Crippen LogP contribution is -2.22. The summed E-state index contributed by atoms with van der Waals surface area (Å²) in [7, 11) is 0. The molecule has 2 rings (SSSR count). The molecule has 0 aliphatic carbocycles. The highest BCUT2D eigenvalue weighted by Gasteiger charge is 2.14. The second-order valence-corrected chi connectivity index (χ2v) is 7.04. The van der Waals surface area contributed by atoms with E-state index in [9.17, 15) is 4.79 Å². The van der Waals surface area contributed by atoms with Crippen molar-refractivity contribution in [1.29, 1.82) is 0 Å². The van der Waals surface area contributed by atoms with E-state index in [1.165, 1.54) is 17.3 Å². The molecule has 1 heterocycles. The highest BCUT2D eigenvalue weighted by atomic mass is 32.2. The number of aromatic nitrogens is 2. The molecular formula is C16H21N3OS. The van der Waals surface area contributed by atoms with Gasteiger partial charge in [-0.1, -0.05) is 17.7 Å². The summed E-state index contributed by atoms with van der Waals surface area (Å²) in [5, 5.41) is 7.14. The predicted octanol–water partition coefficient (Wildman–Crippen LogP) is 3.68. The van der Waals surface area contributed by atoms with Crippen molar-refractivity contribution in [3.8, 4) is 0 Å². The van der Waals surface area contributed by atoms with Gasteiger partial charge in [0, 0.05) is 11.1 Å². The Kier molecular flexibility index (Phi) is 4.73. The van der Waals surface area contributed by atoms with Crippen molar-refractivity contribution in [2.75, 3.05) is 11.1 Å². The highest BCUT2D eigenvalue weighted by molar-refractivity contribution is 8.00. The number of nitrogens with one attached hydrogen (secondary N) is 1. The number of thioether (sulfide) groups is 1. The van der Waals surface area contributed by atoms with Crippen LogP contribution in [0.1, 0.15) is 26.3 Å². The van der Waals surface area contributed by atoms with Gasteiger partial charge in [-0.3, -0.25) is 9.48 Å². The summed E-state index contributed by atoms with van der Waals surface area (Å²) < 4.78 is 1.84. The lowest BCUT2D eigenvalue weighted by molar-refractivity contribution is -0.113. The van der Waals surface area contributed by atoms with Crippen LogP contribution in [-0.4, -0.2) is 21.4 Å². The molecule has 112 valence electrons. The topological polar surface area (TPSA) is 46.9 Å². The van der Waals surface area contributed by atoms with E-state index in [0.717, 1.165) is 10.6 Å². The standard InChI is InChI=1S/C16H21N3OS/c1-12-5-7-14(8-6-12)21-11-15(20)18-13-9-17-19(10-13)16(2,3)4/h5-10H,11H2,1-4H3,(H,18,20). The van der Waals surface area contributed by atoms with E-state index in [2.05, 4.69) is 31.2 Å². The van der Waals surface area contributed by atoms with Gasteiger partial charge >= 0.3 is 0 Å². The maximum atomic E-state index is 11.9. The quantitative estimate of drug-likeness (QED) is 0.877. The lowest BCUT2D eigenvalue weighted by atomic mass is 10.1. The molecule has 0 atom stereocenters. The molecule has 5 heteroatoms. The molecular weight excluding hydrogens is 282 g/mol. The summed E-state index contributed by atoms with van der Waals surface area (Å²) in [4.78, 5) is 13.0. The summed E-state index contributed by atoms with van der Waals surface area (Å²) in [6.07, 6.45) is 3.54. The van der Waals surface area contributed by atoms with Crippen LogP contribution in [0, 0.1) is 6.92 Å². The van der Waals surface area contributed by atoms with Crippen LogP contribution in [0.5, 0.6) is 0 Å². The van der Waals surface area contributed by atoms with Crippen LogP contribution < -0.4 is 5.32 Å². The molecule has 0 aliphatic heterocycles. The number of rotatable bonds is 4. The maximum absolute atomic E-state index is 11.9. The van der Waals surface area contributed by atoms with E-state index in [-0.39, 0.29) is 11.4 Å². The number of carbonyl (C=O) groups is 1. The third-order valence-corrected chi connectivity index (χ3v) is 3.96. The van der Waals surface area contributed by atoms with E-state index in [1.807, 2.05) is 42.1 Å². The first-order valence-corrected chi connectivity index (χ1v) is 7.87. The second kappa shape index (κ2) is 6.35. The average molecular weight is 303 g/mol. The van der Waals surface area contributed by atoms with Crippen molar-refractivity contribution >= 4 is 23.4 Å². The summed E-state index contributed by atoms with van der Waals surface area (Å²) in [6, 6.07) is 8.16. The second-order valence-electron chi connectivity index (χ2n) is 5.99. The minimum Gasteiger partial charge on any atom is -0.323 e. The Hall–Kier alpha value is -1.75. The van der Waals surface area contributed by atoms with Gasteiger partial charge in [0.2, 0.25) is 5.91 Å². The van der Waals surface area contributed by atoms with Crippen molar-refractivity contribution in [2.45, 2.75) is 38.1 Å². The summed E-state index contributed by atoms with van der Waals surface area (Å²) in [5.74, 6) is 0.373. The number of nitrogens with zero attached hydrogens (tertiary/aromatic N) is 2. The molecule has 0 bridgehead atoms. The van der Waals surface area contributed by atoms with Crippen molar-refractivity contribution in [2.24, 2.45) is 0 Å². The minimum absolute atomic E-state index is 0.0194. The van der Waals surface area contributed by atoms with Crippen LogP contribution >= 0.6 is 11.8 Å². The first-order chi connectivity index (χ1) is 9.84. The summed E-state index contributed by atoms with van der Waals surface area (Å²) >= 11 is 1.53. The third-order valence-electron chi connectivity index (χ3n) is 2.94. The number of amides is 1. The van der Waals surface area contributed by atoms with Crippen molar-refractivity contribution in [3.63, 3.8) is 0 Å². The number of anilines is 1. The number of aryl methyl sites for hydroxylation is 1. The van der Waals surface area contributed by atoms with Gasteiger partial charge in [0.1, 0.15) is 0 Å². The van der Waals surface area contributed by atoms with Gasteiger partial charge in [0.15, 0.2) is 0 Å². The van der Waals surface area contributed by atoms with Gasteiger partial charge in [-0.05, 0) is 39.8 Å². The van der Waals surface area contributed by atoms with Crippen molar-refractivity contribution in [3.05, 3.63) is 42.2 Å². The molecule has 0 aliphatic rings. The fourth-order valence-corrected chi connectivity index (χ4v) is 2.43. The van der Waals surface area contributed by atoms with Crippen LogP contribution in [0.2, 0.25) is 0 Å².